The normalized spacial score (nSPS) is 14.5. The second-order valence-corrected chi connectivity index (χ2v) is 9.42. The molecular formula is C28H36N6O5. The molecule has 11 nitrogen and oxygen atoms in total. The highest BCUT2D eigenvalue weighted by molar-refractivity contribution is 5.86. The highest BCUT2D eigenvalue weighted by atomic mass is 16.4. The zero-order valence-corrected chi connectivity index (χ0v) is 22.4. The molecule has 1 unspecified atom stereocenters. The van der Waals surface area contributed by atoms with Crippen molar-refractivity contribution in [1.82, 2.24) is 30.4 Å². The Morgan fingerprint density at radius 3 is 2.59 bits per heavy atom. The molecule has 11 heteroatoms. The number of fused-ring (bicyclic) bond motifs is 1. The van der Waals surface area contributed by atoms with Crippen LogP contribution in [0.25, 0.3) is 10.8 Å². The molecule has 1 fully saturated rings. The minimum absolute atomic E-state index is 0.00463. The molecule has 1 aliphatic rings. The number of hydrogen-bond acceptors (Lipinski definition) is 6. The fraction of sp³-hybridized carbons (Fsp3) is 0.393. The van der Waals surface area contributed by atoms with Crippen LogP contribution in [-0.4, -0.2) is 87.8 Å². The van der Waals surface area contributed by atoms with Gasteiger partial charge in [-0.2, -0.15) is 0 Å². The van der Waals surface area contributed by atoms with Crippen LogP contribution in [0.2, 0.25) is 0 Å². The van der Waals surface area contributed by atoms with Crippen molar-refractivity contribution in [3.05, 3.63) is 66.2 Å². The van der Waals surface area contributed by atoms with E-state index in [9.17, 15) is 19.2 Å². The monoisotopic (exact) mass is 536 g/mol. The Morgan fingerprint density at radius 2 is 1.90 bits per heavy atom. The van der Waals surface area contributed by atoms with Crippen molar-refractivity contribution in [3.63, 3.8) is 0 Å². The number of aromatic amines is 1. The number of aliphatic carboxylic acids is 1. The smallest absolute Gasteiger partial charge is 0.322 e. The number of aromatic nitrogens is 2. The van der Waals surface area contributed by atoms with Gasteiger partial charge in [-0.3, -0.25) is 24.1 Å². The number of carbonyl (C=O) groups is 4. The van der Waals surface area contributed by atoms with Crippen molar-refractivity contribution in [2.45, 2.75) is 38.8 Å². The van der Waals surface area contributed by atoms with Gasteiger partial charge in [-0.15, -0.1) is 0 Å². The molecule has 1 atom stereocenters. The standard InChI is InChI=1S/C25H29N5O4.C3H7NO/c31-23(27-13-25(33)34)16-29(14-19-7-3-6-18-5-1-2-9-22(18)19)15-21-8-4-10-30(21)24(32)11-20-12-26-17-28-20;1-3(5)4-2/h1-3,5-7,9,12,17,21H,4,8,10-11,13-16H2,(H,26,28)(H,27,31)(H,33,34);1-2H3,(H,4,5). The number of amides is 3. The zero-order valence-electron chi connectivity index (χ0n) is 22.4. The topological polar surface area (TPSA) is 148 Å². The van der Waals surface area contributed by atoms with E-state index in [4.69, 9.17) is 5.11 Å². The van der Waals surface area contributed by atoms with Crippen molar-refractivity contribution in [2.75, 3.05) is 33.2 Å². The molecule has 1 aromatic heterocycles. The number of nitrogens with zero attached hydrogens (tertiary/aromatic N) is 3. The van der Waals surface area contributed by atoms with Gasteiger partial charge in [0.2, 0.25) is 17.7 Å². The number of imidazole rings is 1. The maximum Gasteiger partial charge on any atom is 0.322 e. The van der Waals surface area contributed by atoms with Crippen LogP contribution >= 0.6 is 0 Å². The van der Waals surface area contributed by atoms with E-state index < -0.39 is 12.5 Å². The van der Waals surface area contributed by atoms with Crippen LogP contribution in [0, 0.1) is 0 Å². The Bertz CT molecular complexity index is 1260. The molecule has 0 saturated carbocycles. The first-order valence-corrected chi connectivity index (χ1v) is 12.9. The van der Waals surface area contributed by atoms with Crippen LogP contribution in [0.5, 0.6) is 0 Å². The number of carboxylic acids is 1. The number of carbonyl (C=O) groups excluding carboxylic acids is 3. The lowest BCUT2D eigenvalue weighted by molar-refractivity contribution is -0.138. The maximum absolute atomic E-state index is 13.0. The van der Waals surface area contributed by atoms with E-state index in [0.29, 0.717) is 19.6 Å². The molecule has 1 saturated heterocycles. The summed E-state index contributed by atoms with van der Waals surface area (Å²) in [6.45, 7) is 2.83. The Kier molecular flexibility index (Phi) is 11.0. The van der Waals surface area contributed by atoms with Gasteiger partial charge in [0.15, 0.2) is 0 Å². The number of rotatable bonds is 10. The van der Waals surface area contributed by atoms with Gasteiger partial charge in [-0.1, -0.05) is 42.5 Å². The molecule has 3 aromatic rings. The highest BCUT2D eigenvalue weighted by Crippen LogP contribution is 2.23. The molecule has 0 aliphatic carbocycles. The van der Waals surface area contributed by atoms with Gasteiger partial charge in [0.05, 0.1) is 19.3 Å². The van der Waals surface area contributed by atoms with E-state index in [0.717, 1.165) is 34.9 Å². The average Bonchev–Trinajstić information content (AvgIpc) is 3.60. The van der Waals surface area contributed by atoms with Crippen LogP contribution in [0.3, 0.4) is 0 Å². The fourth-order valence-electron chi connectivity index (χ4n) is 4.59. The molecule has 4 N–H and O–H groups in total. The molecule has 1 aliphatic heterocycles. The van der Waals surface area contributed by atoms with Crippen molar-refractivity contribution < 1.29 is 24.3 Å². The van der Waals surface area contributed by atoms with Crippen LogP contribution < -0.4 is 10.6 Å². The minimum Gasteiger partial charge on any atom is -0.480 e. The summed E-state index contributed by atoms with van der Waals surface area (Å²) in [5.74, 6) is -1.39. The predicted octanol–water partition coefficient (Wildman–Crippen LogP) is 1.55. The number of H-pyrrole nitrogens is 1. The molecule has 39 heavy (non-hydrogen) atoms. The summed E-state index contributed by atoms with van der Waals surface area (Å²) >= 11 is 0. The fourth-order valence-corrected chi connectivity index (χ4v) is 4.59. The van der Waals surface area contributed by atoms with Crippen LogP contribution in [0.15, 0.2) is 55.0 Å². The summed E-state index contributed by atoms with van der Waals surface area (Å²) in [6, 6.07) is 14.2. The quantitative estimate of drug-likeness (QED) is 0.307. The van der Waals surface area contributed by atoms with Crippen LogP contribution in [0.1, 0.15) is 31.0 Å². The lowest BCUT2D eigenvalue weighted by atomic mass is 10.0. The van der Waals surface area contributed by atoms with E-state index >= 15 is 0 Å². The van der Waals surface area contributed by atoms with E-state index in [-0.39, 0.29) is 36.7 Å². The third-order valence-corrected chi connectivity index (χ3v) is 6.49. The second-order valence-electron chi connectivity index (χ2n) is 9.42. The number of benzene rings is 2. The SMILES string of the molecule is CNC(C)=O.O=C(O)CNC(=O)CN(Cc1cccc2ccccc12)CC1CCCN1C(=O)Cc1cnc[nH]1. The molecule has 208 valence electrons. The lowest BCUT2D eigenvalue weighted by Gasteiger charge is -2.31. The zero-order chi connectivity index (χ0) is 28.2. The molecule has 2 heterocycles. The van der Waals surface area contributed by atoms with E-state index in [1.807, 2.05) is 34.1 Å². The Balaban J connectivity index is 0.000000771. The lowest BCUT2D eigenvalue weighted by Crippen LogP contribution is -2.46. The third kappa shape index (κ3) is 9.22. The first-order valence-electron chi connectivity index (χ1n) is 12.9. The van der Waals surface area contributed by atoms with Crippen molar-refractivity contribution in [3.8, 4) is 0 Å². The Morgan fingerprint density at radius 1 is 1.15 bits per heavy atom. The van der Waals surface area contributed by atoms with E-state index in [1.165, 1.54) is 6.92 Å². The van der Waals surface area contributed by atoms with Gasteiger partial charge in [-0.05, 0) is 29.2 Å². The number of carboxylic acid groups (broad SMARTS) is 1. The van der Waals surface area contributed by atoms with Gasteiger partial charge < -0.3 is 25.6 Å². The van der Waals surface area contributed by atoms with Crippen molar-refractivity contribution in [1.29, 1.82) is 0 Å². The third-order valence-electron chi connectivity index (χ3n) is 6.49. The van der Waals surface area contributed by atoms with Crippen molar-refractivity contribution >= 4 is 34.5 Å². The van der Waals surface area contributed by atoms with Gasteiger partial charge >= 0.3 is 5.97 Å². The minimum atomic E-state index is -1.08. The number of nitrogens with one attached hydrogen (secondary N) is 3. The maximum atomic E-state index is 13.0. The predicted molar refractivity (Wildman–Crippen MR) is 147 cm³/mol. The highest BCUT2D eigenvalue weighted by Gasteiger charge is 2.31. The molecular weight excluding hydrogens is 500 g/mol. The number of likely N-dealkylation sites (tertiary alicyclic amines) is 1. The van der Waals surface area contributed by atoms with E-state index in [2.05, 4.69) is 38.8 Å². The summed E-state index contributed by atoms with van der Waals surface area (Å²) < 4.78 is 0. The molecule has 0 spiro atoms. The summed E-state index contributed by atoms with van der Waals surface area (Å²) in [6.07, 6.45) is 5.25. The first kappa shape index (κ1) is 29.3. The van der Waals surface area contributed by atoms with E-state index in [1.54, 1.807) is 19.6 Å². The summed E-state index contributed by atoms with van der Waals surface area (Å²) in [5.41, 5.74) is 1.86. The number of hydrogen-bond donors (Lipinski definition) is 4. The summed E-state index contributed by atoms with van der Waals surface area (Å²) in [5, 5.41) is 16.0. The Labute approximate surface area is 227 Å². The average molecular weight is 537 g/mol. The van der Waals surface area contributed by atoms with Crippen LogP contribution in [-0.2, 0) is 32.1 Å². The molecule has 3 amide bonds. The molecule has 0 bridgehead atoms. The molecule has 0 radical (unpaired) electrons. The van der Waals surface area contributed by atoms with Gasteiger partial charge in [0.25, 0.3) is 0 Å². The Hall–Kier alpha value is -4.25. The summed E-state index contributed by atoms with van der Waals surface area (Å²) in [7, 11) is 1.60. The second kappa shape index (κ2) is 14.6. The van der Waals surface area contributed by atoms with Crippen LogP contribution in [0.4, 0.5) is 0 Å². The van der Waals surface area contributed by atoms with Gasteiger partial charge in [0.1, 0.15) is 6.54 Å². The van der Waals surface area contributed by atoms with Gasteiger partial charge in [-0.25, -0.2) is 4.98 Å². The first-order chi connectivity index (χ1) is 18.8. The molecule has 4 rings (SSSR count). The van der Waals surface area contributed by atoms with Gasteiger partial charge in [0, 0.05) is 51.5 Å². The largest absolute Gasteiger partial charge is 0.480 e. The van der Waals surface area contributed by atoms with Crippen molar-refractivity contribution in [2.24, 2.45) is 0 Å². The summed E-state index contributed by atoms with van der Waals surface area (Å²) in [4.78, 5) is 56.9. The molecule has 2 aromatic carbocycles.